The molecule has 15 heavy (non-hydrogen) atoms. The van der Waals surface area contributed by atoms with Crippen LogP contribution >= 0.6 is 11.6 Å². The Morgan fingerprint density at radius 1 is 1.67 bits per heavy atom. The molecule has 1 heterocycles. The van der Waals surface area contributed by atoms with E-state index >= 15 is 0 Å². The van der Waals surface area contributed by atoms with Gasteiger partial charge in [-0.25, -0.2) is 9.67 Å². The summed E-state index contributed by atoms with van der Waals surface area (Å²) in [6.07, 6.45) is 0.698. The third-order valence-electron chi connectivity index (χ3n) is 1.77. The predicted molar refractivity (Wildman–Crippen MR) is 49.9 cm³/mol. The van der Waals surface area contributed by atoms with Crippen molar-refractivity contribution in [3.63, 3.8) is 0 Å². The molecule has 0 saturated heterocycles. The predicted octanol–water partition coefficient (Wildman–Crippen LogP) is 1.80. The van der Waals surface area contributed by atoms with Gasteiger partial charge in [0, 0.05) is 6.04 Å². The fraction of sp³-hybridized carbons (Fsp3) is 0.625. The van der Waals surface area contributed by atoms with Crippen LogP contribution in [0.1, 0.15) is 25.7 Å². The normalized spacial score (nSPS) is 12.1. The van der Waals surface area contributed by atoms with Gasteiger partial charge in [0.15, 0.2) is 0 Å². The van der Waals surface area contributed by atoms with E-state index in [2.05, 4.69) is 21.7 Å². The van der Waals surface area contributed by atoms with Gasteiger partial charge in [-0.3, -0.25) is 4.79 Å². The van der Waals surface area contributed by atoms with Crippen molar-refractivity contribution in [1.82, 2.24) is 14.8 Å². The first kappa shape index (κ1) is 12.0. The van der Waals surface area contributed by atoms with Crippen molar-refractivity contribution in [2.75, 3.05) is 0 Å². The van der Waals surface area contributed by atoms with Gasteiger partial charge < -0.3 is 0 Å². The van der Waals surface area contributed by atoms with Crippen LogP contribution in [-0.2, 0) is 11.2 Å². The molecule has 0 spiro atoms. The molecule has 0 radical (unpaired) electrons. The Morgan fingerprint density at radius 2 is 2.27 bits per heavy atom. The summed E-state index contributed by atoms with van der Waals surface area (Å²) in [6, 6.07) is -0.0424. The van der Waals surface area contributed by atoms with Crippen molar-refractivity contribution in [1.29, 1.82) is 0 Å². The Balaban J connectivity index is 2.82. The third kappa shape index (κ3) is 2.95. The largest absolute Gasteiger partial charge is 0.380 e. The lowest BCUT2D eigenvalue weighted by molar-refractivity contribution is -0.132. The summed E-state index contributed by atoms with van der Waals surface area (Å²) in [4.78, 5) is 14.7. The SMILES string of the molecule is CC(C)n1ncnc1CC(=O)C(F)(F)Cl. The highest BCUT2D eigenvalue weighted by Crippen LogP contribution is 2.21. The maximum Gasteiger partial charge on any atom is 0.380 e. The maximum atomic E-state index is 12.4. The van der Waals surface area contributed by atoms with Crippen LogP contribution in [-0.4, -0.2) is 25.9 Å². The van der Waals surface area contributed by atoms with Crippen LogP contribution in [0.2, 0.25) is 0 Å². The highest BCUT2D eigenvalue weighted by atomic mass is 35.5. The van der Waals surface area contributed by atoms with Gasteiger partial charge in [-0.15, -0.1) is 0 Å². The van der Waals surface area contributed by atoms with E-state index in [-0.39, 0.29) is 11.9 Å². The van der Waals surface area contributed by atoms with E-state index in [4.69, 9.17) is 0 Å². The minimum atomic E-state index is -3.84. The van der Waals surface area contributed by atoms with Crippen molar-refractivity contribution in [2.24, 2.45) is 0 Å². The number of hydrogen-bond donors (Lipinski definition) is 0. The number of carbonyl (C=O) groups excluding carboxylic acids is 1. The maximum absolute atomic E-state index is 12.4. The number of rotatable bonds is 4. The fourth-order valence-electron chi connectivity index (χ4n) is 1.08. The third-order valence-corrected chi connectivity index (χ3v) is 1.98. The Hall–Kier alpha value is -1.04. The second-order valence-electron chi connectivity index (χ2n) is 3.31. The van der Waals surface area contributed by atoms with Gasteiger partial charge in [0.05, 0.1) is 6.42 Å². The summed E-state index contributed by atoms with van der Waals surface area (Å²) < 4.78 is 26.2. The lowest BCUT2D eigenvalue weighted by atomic mass is 10.2. The average molecular weight is 238 g/mol. The Morgan fingerprint density at radius 3 is 2.73 bits per heavy atom. The zero-order valence-corrected chi connectivity index (χ0v) is 9.00. The summed E-state index contributed by atoms with van der Waals surface area (Å²) in [5.74, 6) is -1.19. The Bertz CT molecular complexity index is 359. The molecule has 0 aliphatic carbocycles. The lowest BCUT2D eigenvalue weighted by Crippen LogP contribution is -2.25. The summed E-state index contributed by atoms with van der Waals surface area (Å²) in [5, 5.41) is -0.0234. The molecule has 84 valence electrons. The highest BCUT2D eigenvalue weighted by Gasteiger charge is 2.36. The van der Waals surface area contributed by atoms with Crippen LogP contribution in [0.3, 0.4) is 0 Å². The molecule has 0 aliphatic heterocycles. The first-order valence-corrected chi connectivity index (χ1v) is 4.68. The number of halogens is 3. The summed E-state index contributed by atoms with van der Waals surface area (Å²) in [7, 11) is 0. The second kappa shape index (κ2) is 4.22. The van der Waals surface area contributed by atoms with E-state index in [0.29, 0.717) is 0 Å². The standard InChI is InChI=1S/C8H10ClF2N3O/c1-5(2)14-7(12-4-13-14)3-6(15)8(9,10)11/h4-5H,3H2,1-2H3. The highest BCUT2D eigenvalue weighted by molar-refractivity contribution is 6.32. The fourth-order valence-corrected chi connectivity index (χ4v) is 1.14. The molecule has 0 unspecified atom stereocenters. The van der Waals surface area contributed by atoms with Crippen molar-refractivity contribution in [3.8, 4) is 0 Å². The second-order valence-corrected chi connectivity index (χ2v) is 3.79. The van der Waals surface area contributed by atoms with Gasteiger partial charge in [0.1, 0.15) is 12.2 Å². The topological polar surface area (TPSA) is 47.8 Å². The number of Topliss-reactive ketones (excluding diaryl/α,β-unsaturated/α-hetero) is 1. The van der Waals surface area contributed by atoms with Crippen LogP contribution in [0.5, 0.6) is 0 Å². The number of nitrogens with zero attached hydrogens (tertiary/aromatic N) is 3. The van der Waals surface area contributed by atoms with Gasteiger partial charge in [0.25, 0.3) is 0 Å². The van der Waals surface area contributed by atoms with Crippen LogP contribution in [0.15, 0.2) is 6.33 Å². The molecule has 0 atom stereocenters. The Kier molecular flexibility index (Phi) is 3.38. The molecule has 0 aliphatic rings. The number of alkyl halides is 3. The molecule has 7 heteroatoms. The van der Waals surface area contributed by atoms with E-state index in [1.165, 1.54) is 11.0 Å². The zero-order chi connectivity index (χ0) is 11.6. The minimum absolute atomic E-state index is 0.0424. The zero-order valence-electron chi connectivity index (χ0n) is 8.25. The quantitative estimate of drug-likeness (QED) is 0.751. The molecule has 0 aromatic carbocycles. The molecular formula is C8H10ClF2N3O. The average Bonchev–Trinajstić information content (AvgIpc) is 2.50. The van der Waals surface area contributed by atoms with E-state index < -0.39 is 17.6 Å². The first-order chi connectivity index (χ1) is 6.82. The van der Waals surface area contributed by atoms with Crippen molar-refractivity contribution >= 4 is 17.4 Å². The monoisotopic (exact) mass is 237 g/mol. The molecule has 1 rings (SSSR count). The van der Waals surface area contributed by atoms with Crippen LogP contribution < -0.4 is 0 Å². The summed E-state index contributed by atoms with van der Waals surface area (Å²) >= 11 is 4.59. The first-order valence-electron chi connectivity index (χ1n) is 4.30. The van der Waals surface area contributed by atoms with E-state index in [1.807, 2.05) is 13.8 Å². The van der Waals surface area contributed by atoms with Gasteiger partial charge in [-0.2, -0.15) is 13.9 Å². The van der Waals surface area contributed by atoms with E-state index in [9.17, 15) is 13.6 Å². The molecule has 0 fully saturated rings. The molecule has 0 bridgehead atoms. The number of hydrogen-bond acceptors (Lipinski definition) is 3. The van der Waals surface area contributed by atoms with Crippen molar-refractivity contribution < 1.29 is 13.6 Å². The molecule has 0 N–H and O–H groups in total. The number of ketones is 1. The molecule has 1 aromatic rings. The summed E-state index contributed by atoms with van der Waals surface area (Å²) in [6.45, 7) is 3.61. The van der Waals surface area contributed by atoms with Gasteiger partial charge in [-0.1, -0.05) is 0 Å². The van der Waals surface area contributed by atoms with Gasteiger partial charge in [-0.05, 0) is 25.4 Å². The van der Waals surface area contributed by atoms with Crippen LogP contribution in [0.25, 0.3) is 0 Å². The lowest BCUT2D eigenvalue weighted by Gasteiger charge is -2.10. The molecule has 1 aromatic heterocycles. The van der Waals surface area contributed by atoms with E-state index in [1.54, 1.807) is 0 Å². The smallest absolute Gasteiger partial charge is 0.291 e. The van der Waals surface area contributed by atoms with Crippen LogP contribution in [0.4, 0.5) is 8.78 Å². The van der Waals surface area contributed by atoms with Gasteiger partial charge >= 0.3 is 5.38 Å². The molecule has 0 saturated carbocycles. The molecule has 0 amide bonds. The van der Waals surface area contributed by atoms with Crippen molar-refractivity contribution in [3.05, 3.63) is 12.2 Å². The summed E-state index contributed by atoms with van der Waals surface area (Å²) in [5.41, 5.74) is 0. The molecule has 4 nitrogen and oxygen atoms in total. The number of carbonyl (C=O) groups is 1. The van der Waals surface area contributed by atoms with Gasteiger partial charge in [0.2, 0.25) is 5.78 Å². The Labute approximate surface area is 90.2 Å². The molecular weight excluding hydrogens is 228 g/mol. The van der Waals surface area contributed by atoms with E-state index in [0.717, 1.165) is 0 Å². The van der Waals surface area contributed by atoms with Crippen molar-refractivity contribution in [2.45, 2.75) is 31.7 Å². The number of aromatic nitrogens is 3. The minimum Gasteiger partial charge on any atom is -0.291 e. The van der Waals surface area contributed by atoms with Crippen LogP contribution in [0, 0.1) is 0 Å².